The number of hydrogen-bond donors (Lipinski definition) is 0. The van der Waals surface area contributed by atoms with Crippen molar-refractivity contribution in [1.82, 2.24) is 8.75 Å². The number of carbonyl (C=O) groups excluding carboxylic acids is 1. The Balaban J connectivity index is 2.47. The van der Waals surface area contributed by atoms with Gasteiger partial charge < -0.3 is 4.74 Å². The van der Waals surface area contributed by atoms with Gasteiger partial charge in [-0.15, -0.1) is 0 Å². The number of ketones is 1. The number of methoxy groups -OCH3 is 1. The van der Waals surface area contributed by atoms with E-state index in [1.54, 1.807) is 19.2 Å². The van der Waals surface area contributed by atoms with Crippen LogP contribution in [0.4, 0.5) is 0 Å². The summed E-state index contributed by atoms with van der Waals surface area (Å²) in [6, 6.07) is 5.47. The van der Waals surface area contributed by atoms with E-state index in [0.29, 0.717) is 17.0 Å². The first-order valence-electron chi connectivity index (χ1n) is 4.69. The van der Waals surface area contributed by atoms with Crippen LogP contribution in [0.15, 0.2) is 24.4 Å². The molecule has 4 nitrogen and oxygen atoms in total. The van der Waals surface area contributed by atoms with E-state index in [1.165, 1.54) is 6.20 Å². The van der Waals surface area contributed by atoms with Crippen molar-refractivity contribution in [2.24, 2.45) is 0 Å². The first-order valence-corrected chi connectivity index (χ1v) is 5.42. The van der Waals surface area contributed by atoms with Gasteiger partial charge in [0, 0.05) is 0 Å². The molecule has 0 bridgehead atoms. The Labute approximate surface area is 97.2 Å². The zero-order valence-corrected chi connectivity index (χ0v) is 9.75. The summed E-state index contributed by atoms with van der Waals surface area (Å²) in [5.41, 5.74) is 1.89. The van der Waals surface area contributed by atoms with Crippen molar-refractivity contribution in [1.29, 1.82) is 0 Å². The Bertz CT molecular complexity index is 509. The smallest absolute Gasteiger partial charge is 0.217 e. The highest BCUT2D eigenvalue weighted by atomic mass is 32.1. The molecule has 0 aliphatic carbocycles. The van der Waals surface area contributed by atoms with Crippen LogP contribution < -0.4 is 4.74 Å². The minimum Gasteiger partial charge on any atom is -0.496 e. The largest absolute Gasteiger partial charge is 0.496 e. The molecule has 16 heavy (non-hydrogen) atoms. The van der Waals surface area contributed by atoms with E-state index >= 15 is 0 Å². The highest BCUT2D eigenvalue weighted by Gasteiger charge is 2.16. The highest BCUT2D eigenvalue weighted by Crippen LogP contribution is 2.22. The average molecular weight is 234 g/mol. The van der Waals surface area contributed by atoms with Gasteiger partial charge in [-0.25, -0.2) is 0 Å². The van der Waals surface area contributed by atoms with Gasteiger partial charge in [-0.2, -0.15) is 8.75 Å². The molecule has 0 amide bonds. The van der Waals surface area contributed by atoms with Crippen LogP contribution in [-0.4, -0.2) is 21.6 Å². The quantitative estimate of drug-likeness (QED) is 0.763. The van der Waals surface area contributed by atoms with Crippen molar-refractivity contribution in [2.75, 3.05) is 7.11 Å². The van der Waals surface area contributed by atoms with Crippen LogP contribution in [0.5, 0.6) is 5.75 Å². The van der Waals surface area contributed by atoms with Gasteiger partial charge in [0.05, 0.1) is 30.6 Å². The van der Waals surface area contributed by atoms with Gasteiger partial charge in [-0.1, -0.05) is 11.6 Å². The van der Waals surface area contributed by atoms with Crippen molar-refractivity contribution in [3.8, 4) is 5.75 Å². The molecule has 2 rings (SSSR count). The molecule has 0 saturated carbocycles. The lowest BCUT2D eigenvalue weighted by Crippen LogP contribution is -2.04. The van der Waals surface area contributed by atoms with Gasteiger partial charge in [-0.3, -0.25) is 4.79 Å². The summed E-state index contributed by atoms with van der Waals surface area (Å²) in [4.78, 5) is 12.1. The lowest BCUT2D eigenvalue weighted by molar-refractivity contribution is 0.103. The van der Waals surface area contributed by atoms with Crippen molar-refractivity contribution < 1.29 is 9.53 Å². The Morgan fingerprint density at radius 2 is 2.25 bits per heavy atom. The highest BCUT2D eigenvalue weighted by molar-refractivity contribution is 6.99. The summed E-state index contributed by atoms with van der Waals surface area (Å²) >= 11 is 1.02. The van der Waals surface area contributed by atoms with E-state index < -0.39 is 0 Å². The van der Waals surface area contributed by atoms with E-state index in [2.05, 4.69) is 8.75 Å². The Kier molecular flexibility index (Phi) is 2.96. The minimum atomic E-state index is -0.158. The van der Waals surface area contributed by atoms with E-state index in [4.69, 9.17) is 4.74 Å². The van der Waals surface area contributed by atoms with Gasteiger partial charge in [0.1, 0.15) is 11.4 Å². The average Bonchev–Trinajstić information content (AvgIpc) is 2.81. The van der Waals surface area contributed by atoms with E-state index in [9.17, 15) is 4.79 Å². The summed E-state index contributed by atoms with van der Waals surface area (Å²) in [7, 11) is 1.54. The number of carbonyl (C=O) groups is 1. The maximum absolute atomic E-state index is 12.1. The van der Waals surface area contributed by atoms with Gasteiger partial charge >= 0.3 is 0 Å². The van der Waals surface area contributed by atoms with Gasteiger partial charge in [0.2, 0.25) is 5.78 Å². The Hall–Kier alpha value is -1.75. The second-order valence-corrected chi connectivity index (χ2v) is 3.88. The second kappa shape index (κ2) is 4.40. The molecule has 0 saturated heterocycles. The minimum absolute atomic E-state index is 0.158. The molecular weight excluding hydrogens is 224 g/mol. The fourth-order valence-corrected chi connectivity index (χ4v) is 1.81. The van der Waals surface area contributed by atoms with Crippen LogP contribution in [0.2, 0.25) is 0 Å². The van der Waals surface area contributed by atoms with Crippen LogP contribution in [0, 0.1) is 6.92 Å². The molecule has 0 fully saturated rings. The fraction of sp³-hybridized carbons (Fsp3) is 0.182. The first kappa shape index (κ1) is 10.8. The number of ether oxygens (including phenoxy) is 1. The summed E-state index contributed by atoms with van der Waals surface area (Å²) in [6.45, 7) is 1.93. The molecule has 0 spiro atoms. The fourth-order valence-electron chi connectivity index (χ4n) is 1.40. The third kappa shape index (κ3) is 1.94. The Morgan fingerprint density at radius 3 is 2.88 bits per heavy atom. The molecule has 0 radical (unpaired) electrons. The van der Waals surface area contributed by atoms with E-state index in [1.807, 2.05) is 13.0 Å². The monoisotopic (exact) mass is 234 g/mol. The number of rotatable bonds is 3. The molecule has 0 N–H and O–H groups in total. The van der Waals surface area contributed by atoms with Crippen LogP contribution >= 0.6 is 11.7 Å². The number of hydrogen-bond acceptors (Lipinski definition) is 5. The molecule has 2 aromatic rings. The number of aryl methyl sites for hydroxylation is 1. The maximum atomic E-state index is 12.1. The summed E-state index contributed by atoms with van der Waals surface area (Å²) in [6.07, 6.45) is 1.47. The predicted octanol–water partition coefficient (Wildman–Crippen LogP) is 2.09. The van der Waals surface area contributed by atoms with Crippen molar-refractivity contribution in [2.45, 2.75) is 6.92 Å². The normalized spacial score (nSPS) is 10.1. The second-order valence-electron chi connectivity index (χ2n) is 3.33. The topological polar surface area (TPSA) is 52.1 Å². The third-order valence-electron chi connectivity index (χ3n) is 2.19. The third-order valence-corrected chi connectivity index (χ3v) is 2.67. The lowest BCUT2D eigenvalue weighted by Gasteiger charge is -2.06. The number of nitrogens with zero attached hydrogens (tertiary/aromatic N) is 2. The molecular formula is C11H10N2O2S. The van der Waals surface area contributed by atoms with E-state index in [0.717, 1.165) is 17.3 Å². The molecule has 5 heteroatoms. The molecule has 0 aliphatic rings. The molecule has 0 unspecified atom stereocenters. The standard InChI is InChI=1S/C11H10N2O2S/c1-7-3-4-10(15-2)8(5-7)11(14)9-6-12-16-13-9/h3-6H,1-2H3. The first-order chi connectivity index (χ1) is 7.72. The summed E-state index contributed by atoms with van der Waals surface area (Å²) in [5.74, 6) is 0.401. The van der Waals surface area contributed by atoms with Crippen LogP contribution in [-0.2, 0) is 0 Å². The van der Waals surface area contributed by atoms with Crippen LogP contribution in [0.3, 0.4) is 0 Å². The molecule has 1 aromatic carbocycles. The van der Waals surface area contributed by atoms with Gasteiger partial charge in [0.15, 0.2) is 0 Å². The van der Waals surface area contributed by atoms with Crippen LogP contribution in [0.1, 0.15) is 21.6 Å². The maximum Gasteiger partial charge on any atom is 0.217 e. The summed E-state index contributed by atoms with van der Waals surface area (Å²) < 4.78 is 12.9. The molecule has 1 heterocycles. The molecule has 1 aromatic heterocycles. The lowest BCUT2D eigenvalue weighted by atomic mass is 10.0. The van der Waals surface area contributed by atoms with E-state index in [-0.39, 0.29) is 5.78 Å². The predicted molar refractivity (Wildman–Crippen MR) is 61.1 cm³/mol. The van der Waals surface area contributed by atoms with Crippen molar-refractivity contribution in [3.05, 3.63) is 41.2 Å². The zero-order valence-electron chi connectivity index (χ0n) is 8.93. The van der Waals surface area contributed by atoms with Crippen molar-refractivity contribution >= 4 is 17.5 Å². The van der Waals surface area contributed by atoms with Gasteiger partial charge in [-0.05, 0) is 19.1 Å². The molecule has 0 atom stereocenters. The summed E-state index contributed by atoms with van der Waals surface area (Å²) in [5, 5.41) is 0. The molecule has 0 aliphatic heterocycles. The number of aromatic nitrogens is 2. The van der Waals surface area contributed by atoms with Crippen LogP contribution in [0.25, 0.3) is 0 Å². The molecule has 82 valence electrons. The Morgan fingerprint density at radius 1 is 1.44 bits per heavy atom. The van der Waals surface area contributed by atoms with Crippen molar-refractivity contribution in [3.63, 3.8) is 0 Å². The zero-order chi connectivity index (χ0) is 11.5. The number of benzene rings is 1. The van der Waals surface area contributed by atoms with Gasteiger partial charge in [0.25, 0.3) is 0 Å². The SMILES string of the molecule is COc1ccc(C)cc1C(=O)c1cnsn1.